The molecular weight excluding hydrogens is 367 g/mol. The van der Waals surface area contributed by atoms with Crippen LogP contribution in [0.15, 0.2) is 48.5 Å². The van der Waals surface area contributed by atoms with E-state index in [2.05, 4.69) is 10.6 Å². The fourth-order valence-corrected chi connectivity index (χ4v) is 2.65. The standard InChI is InChI=1S/C18H19Cl3N2O/c1-12-8-9-15(13(2)10-12)22-17(18(19,20)21)23-16(24)11-14-6-4-3-5-7-14/h3-10,17,22H,11H2,1-2H3,(H,23,24)/t17-/m1/s1. The van der Waals surface area contributed by atoms with Crippen molar-refractivity contribution in [2.75, 3.05) is 5.32 Å². The van der Waals surface area contributed by atoms with Crippen LogP contribution < -0.4 is 10.6 Å². The van der Waals surface area contributed by atoms with Gasteiger partial charge in [-0.15, -0.1) is 0 Å². The van der Waals surface area contributed by atoms with E-state index in [1.807, 2.05) is 62.4 Å². The minimum absolute atomic E-state index is 0.215. The molecule has 2 N–H and O–H groups in total. The number of halogens is 3. The Hall–Kier alpha value is -1.42. The first kappa shape index (κ1) is 18.9. The van der Waals surface area contributed by atoms with E-state index in [1.54, 1.807) is 0 Å². The highest BCUT2D eigenvalue weighted by Gasteiger charge is 2.34. The first-order valence-electron chi connectivity index (χ1n) is 7.49. The van der Waals surface area contributed by atoms with Gasteiger partial charge >= 0.3 is 0 Å². The molecule has 2 aromatic rings. The Morgan fingerprint density at radius 2 is 1.75 bits per heavy atom. The van der Waals surface area contributed by atoms with Crippen molar-refractivity contribution in [3.63, 3.8) is 0 Å². The van der Waals surface area contributed by atoms with Crippen LogP contribution in [0, 0.1) is 13.8 Å². The van der Waals surface area contributed by atoms with E-state index in [0.29, 0.717) is 0 Å². The molecule has 0 aliphatic heterocycles. The largest absolute Gasteiger partial charge is 0.362 e. The molecule has 6 heteroatoms. The Labute approximate surface area is 157 Å². The van der Waals surface area contributed by atoms with Crippen molar-refractivity contribution in [1.82, 2.24) is 5.32 Å². The van der Waals surface area contributed by atoms with Crippen LogP contribution in [0.3, 0.4) is 0 Å². The van der Waals surface area contributed by atoms with Gasteiger partial charge in [0.05, 0.1) is 6.42 Å². The van der Waals surface area contributed by atoms with Gasteiger partial charge in [-0.05, 0) is 31.0 Å². The maximum atomic E-state index is 12.3. The first-order chi connectivity index (χ1) is 11.3. The summed E-state index contributed by atoms with van der Waals surface area (Å²) in [5.41, 5.74) is 3.84. The third-order valence-electron chi connectivity index (χ3n) is 3.52. The SMILES string of the molecule is Cc1ccc(N[C@H](NC(=O)Cc2ccccc2)C(Cl)(Cl)Cl)c(C)c1. The number of aryl methyl sites for hydroxylation is 2. The van der Waals surface area contributed by atoms with Gasteiger partial charge in [0.2, 0.25) is 9.70 Å². The number of rotatable bonds is 5. The number of anilines is 1. The molecule has 0 radical (unpaired) electrons. The predicted octanol–water partition coefficient (Wildman–Crippen LogP) is 4.77. The van der Waals surface area contributed by atoms with Crippen molar-refractivity contribution < 1.29 is 4.79 Å². The number of amides is 1. The minimum Gasteiger partial charge on any atom is -0.362 e. The van der Waals surface area contributed by atoms with Crippen molar-refractivity contribution in [3.8, 4) is 0 Å². The summed E-state index contributed by atoms with van der Waals surface area (Å²) in [7, 11) is 0. The maximum Gasteiger partial charge on any atom is 0.228 e. The van der Waals surface area contributed by atoms with E-state index in [1.165, 1.54) is 0 Å². The van der Waals surface area contributed by atoms with E-state index >= 15 is 0 Å². The maximum absolute atomic E-state index is 12.3. The van der Waals surface area contributed by atoms with E-state index in [-0.39, 0.29) is 12.3 Å². The van der Waals surface area contributed by atoms with Gasteiger partial charge in [0.1, 0.15) is 6.17 Å². The topological polar surface area (TPSA) is 41.1 Å². The number of hydrogen-bond acceptors (Lipinski definition) is 2. The molecule has 128 valence electrons. The van der Waals surface area contributed by atoms with Gasteiger partial charge in [-0.1, -0.05) is 82.8 Å². The zero-order valence-electron chi connectivity index (χ0n) is 13.4. The minimum atomic E-state index is -1.69. The number of benzene rings is 2. The monoisotopic (exact) mass is 384 g/mol. The second kappa shape index (κ2) is 8.11. The van der Waals surface area contributed by atoms with Crippen LogP contribution in [0.25, 0.3) is 0 Å². The quantitative estimate of drug-likeness (QED) is 0.575. The first-order valence-corrected chi connectivity index (χ1v) is 8.63. The second-order valence-electron chi connectivity index (χ2n) is 5.67. The molecule has 0 heterocycles. The molecular formula is C18H19Cl3N2O. The Morgan fingerprint density at radius 1 is 1.08 bits per heavy atom. The molecule has 0 saturated heterocycles. The lowest BCUT2D eigenvalue weighted by molar-refractivity contribution is -0.120. The Balaban J connectivity index is 2.10. The molecule has 0 saturated carbocycles. The number of alkyl halides is 3. The lowest BCUT2D eigenvalue weighted by atomic mass is 10.1. The van der Waals surface area contributed by atoms with Crippen LogP contribution in [-0.4, -0.2) is 15.9 Å². The highest BCUT2D eigenvalue weighted by atomic mass is 35.6. The molecule has 0 aromatic heterocycles. The zero-order valence-corrected chi connectivity index (χ0v) is 15.7. The molecule has 1 amide bonds. The van der Waals surface area contributed by atoms with Gasteiger partial charge in [0.15, 0.2) is 0 Å². The average Bonchev–Trinajstić information content (AvgIpc) is 2.49. The summed E-state index contributed by atoms with van der Waals surface area (Å²) in [4.78, 5) is 12.3. The molecule has 3 nitrogen and oxygen atoms in total. The fraction of sp³-hybridized carbons (Fsp3) is 0.278. The molecule has 0 spiro atoms. The van der Waals surface area contributed by atoms with Gasteiger partial charge in [0.25, 0.3) is 0 Å². The Bertz CT molecular complexity index is 699. The predicted molar refractivity (Wildman–Crippen MR) is 102 cm³/mol. The van der Waals surface area contributed by atoms with Crippen LogP contribution in [-0.2, 0) is 11.2 Å². The zero-order chi connectivity index (χ0) is 17.7. The van der Waals surface area contributed by atoms with Gasteiger partial charge in [-0.3, -0.25) is 4.79 Å². The van der Waals surface area contributed by atoms with Crippen molar-refractivity contribution in [2.45, 2.75) is 30.2 Å². The van der Waals surface area contributed by atoms with Crippen molar-refractivity contribution in [2.24, 2.45) is 0 Å². The molecule has 24 heavy (non-hydrogen) atoms. The lowest BCUT2D eigenvalue weighted by Gasteiger charge is -2.28. The molecule has 2 aromatic carbocycles. The van der Waals surface area contributed by atoms with Crippen molar-refractivity contribution in [3.05, 3.63) is 65.2 Å². The van der Waals surface area contributed by atoms with E-state index < -0.39 is 9.96 Å². The summed E-state index contributed by atoms with van der Waals surface area (Å²) in [6, 6.07) is 15.3. The summed E-state index contributed by atoms with van der Waals surface area (Å²) < 4.78 is -1.69. The lowest BCUT2D eigenvalue weighted by Crippen LogP contribution is -2.49. The van der Waals surface area contributed by atoms with E-state index in [4.69, 9.17) is 34.8 Å². The summed E-state index contributed by atoms with van der Waals surface area (Å²) in [5, 5.41) is 5.85. The van der Waals surface area contributed by atoms with E-state index in [9.17, 15) is 4.79 Å². The third-order valence-corrected chi connectivity index (χ3v) is 4.18. The number of hydrogen-bond donors (Lipinski definition) is 2. The van der Waals surface area contributed by atoms with Crippen LogP contribution >= 0.6 is 34.8 Å². The van der Waals surface area contributed by atoms with Gasteiger partial charge < -0.3 is 10.6 Å². The fourth-order valence-electron chi connectivity index (χ4n) is 2.32. The number of carbonyl (C=O) groups is 1. The third kappa shape index (κ3) is 5.59. The van der Waals surface area contributed by atoms with Gasteiger partial charge in [0, 0.05) is 5.69 Å². The van der Waals surface area contributed by atoms with Crippen LogP contribution in [0.4, 0.5) is 5.69 Å². The summed E-state index contributed by atoms with van der Waals surface area (Å²) in [5.74, 6) is -0.227. The Morgan fingerprint density at radius 3 is 2.33 bits per heavy atom. The number of carbonyl (C=O) groups excluding carboxylic acids is 1. The van der Waals surface area contributed by atoms with Crippen molar-refractivity contribution in [1.29, 1.82) is 0 Å². The molecule has 0 aliphatic rings. The normalized spacial score (nSPS) is 12.5. The molecule has 0 aliphatic carbocycles. The van der Waals surface area contributed by atoms with Crippen molar-refractivity contribution >= 4 is 46.4 Å². The second-order valence-corrected chi connectivity index (χ2v) is 8.04. The summed E-state index contributed by atoms with van der Waals surface area (Å²) in [6.07, 6.45) is -0.632. The average molecular weight is 386 g/mol. The summed E-state index contributed by atoms with van der Waals surface area (Å²) >= 11 is 18.1. The highest BCUT2D eigenvalue weighted by Crippen LogP contribution is 2.32. The number of nitrogens with one attached hydrogen (secondary N) is 2. The molecule has 0 fully saturated rings. The van der Waals surface area contributed by atoms with Crippen LogP contribution in [0.1, 0.15) is 16.7 Å². The molecule has 0 unspecified atom stereocenters. The summed E-state index contributed by atoms with van der Waals surface area (Å²) in [6.45, 7) is 3.96. The Kier molecular flexibility index (Phi) is 6.39. The van der Waals surface area contributed by atoms with Gasteiger partial charge in [-0.2, -0.15) is 0 Å². The molecule has 0 bridgehead atoms. The molecule has 2 rings (SSSR count). The van der Waals surface area contributed by atoms with Gasteiger partial charge in [-0.25, -0.2) is 0 Å². The molecule has 1 atom stereocenters. The smallest absolute Gasteiger partial charge is 0.228 e. The van der Waals surface area contributed by atoms with Crippen LogP contribution in [0.5, 0.6) is 0 Å². The highest BCUT2D eigenvalue weighted by molar-refractivity contribution is 6.68. The van der Waals surface area contributed by atoms with E-state index in [0.717, 1.165) is 22.4 Å². The van der Waals surface area contributed by atoms with Crippen LogP contribution in [0.2, 0.25) is 0 Å².